The summed E-state index contributed by atoms with van der Waals surface area (Å²) >= 11 is 6.35. The zero-order valence-electron chi connectivity index (χ0n) is 11.2. The van der Waals surface area contributed by atoms with E-state index < -0.39 is 0 Å². The standard InChI is InChI=1S/C14H13NO4S2/c1-19-12(17)6-7-15-13(18)11(21-14(15)20)8-9-2-4-10(16)5-3-9/h2-5,8,16H,6-7H2,1H3/b11-8-. The van der Waals surface area contributed by atoms with E-state index in [2.05, 4.69) is 4.74 Å². The Kier molecular flexibility index (Phi) is 4.98. The van der Waals surface area contributed by atoms with Crippen molar-refractivity contribution in [3.63, 3.8) is 0 Å². The molecule has 2 rings (SSSR count). The van der Waals surface area contributed by atoms with Gasteiger partial charge in [0.2, 0.25) is 0 Å². The van der Waals surface area contributed by atoms with Crippen molar-refractivity contribution in [2.24, 2.45) is 0 Å². The normalized spacial score (nSPS) is 16.6. The van der Waals surface area contributed by atoms with Crippen LogP contribution in [0, 0.1) is 0 Å². The summed E-state index contributed by atoms with van der Waals surface area (Å²) in [4.78, 5) is 25.3. The van der Waals surface area contributed by atoms with Gasteiger partial charge in [-0.05, 0) is 23.8 Å². The van der Waals surface area contributed by atoms with Crippen LogP contribution in [0.5, 0.6) is 5.75 Å². The van der Waals surface area contributed by atoms with Gasteiger partial charge >= 0.3 is 5.97 Å². The highest BCUT2D eigenvalue weighted by Gasteiger charge is 2.32. The third kappa shape index (κ3) is 3.83. The van der Waals surface area contributed by atoms with Crippen LogP contribution in [0.2, 0.25) is 0 Å². The van der Waals surface area contributed by atoms with Gasteiger partial charge < -0.3 is 9.84 Å². The summed E-state index contributed by atoms with van der Waals surface area (Å²) in [5, 5.41) is 9.23. The maximum Gasteiger partial charge on any atom is 0.307 e. The molecule has 21 heavy (non-hydrogen) atoms. The molecule has 0 spiro atoms. The fourth-order valence-electron chi connectivity index (χ4n) is 1.72. The fourth-order valence-corrected chi connectivity index (χ4v) is 3.03. The van der Waals surface area contributed by atoms with Crippen molar-refractivity contribution in [3.05, 3.63) is 34.7 Å². The molecule has 1 N–H and O–H groups in total. The van der Waals surface area contributed by atoms with E-state index in [9.17, 15) is 14.7 Å². The Morgan fingerprint density at radius 2 is 2.10 bits per heavy atom. The minimum atomic E-state index is -0.383. The van der Waals surface area contributed by atoms with Crippen LogP contribution < -0.4 is 0 Å². The molecule has 5 nitrogen and oxygen atoms in total. The Bertz CT molecular complexity index is 610. The first kappa shape index (κ1) is 15.5. The molecule has 1 aliphatic heterocycles. The maximum atomic E-state index is 12.2. The SMILES string of the molecule is COC(=O)CCN1C(=O)/C(=C/c2ccc(O)cc2)SC1=S. The van der Waals surface area contributed by atoms with Crippen molar-refractivity contribution in [1.82, 2.24) is 4.90 Å². The van der Waals surface area contributed by atoms with Gasteiger partial charge in [-0.3, -0.25) is 14.5 Å². The third-order valence-corrected chi connectivity index (χ3v) is 4.21. The number of nitrogens with zero attached hydrogens (tertiary/aromatic N) is 1. The number of thiocarbonyl (C=S) groups is 1. The lowest BCUT2D eigenvalue weighted by atomic mass is 10.2. The van der Waals surface area contributed by atoms with Crippen LogP contribution >= 0.6 is 24.0 Å². The molecule has 7 heteroatoms. The number of methoxy groups -OCH3 is 1. The van der Waals surface area contributed by atoms with Crippen LogP contribution in [0.3, 0.4) is 0 Å². The van der Waals surface area contributed by atoms with Gasteiger partial charge in [0, 0.05) is 6.54 Å². The smallest absolute Gasteiger partial charge is 0.307 e. The quantitative estimate of drug-likeness (QED) is 0.520. The van der Waals surface area contributed by atoms with E-state index in [0.717, 1.165) is 5.56 Å². The molecule has 0 unspecified atom stereocenters. The minimum absolute atomic E-state index is 0.107. The van der Waals surface area contributed by atoms with Gasteiger partial charge in [0.15, 0.2) is 0 Å². The highest BCUT2D eigenvalue weighted by Crippen LogP contribution is 2.32. The molecule has 1 heterocycles. The van der Waals surface area contributed by atoms with Crippen LogP contribution in [0.4, 0.5) is 0 Å². The molecule has 0 bridgehead atoms. The summed E-state index contributed by atoms with van der Waals surface area (Å²) in [7, 11) is 1.30. The number of amides is 1. The number of rotatable bonds is 4. The lowest BCUT2D eigenvalue weighted by molar-refractivity contribution is -0.140. The lowest BCUT2D eigenvalue weighted by Crippen LogP contribution is -2.30. The second-order valence-electron chi connectivity index (χ2n) is 4.25. The number of carbonyl (C=O) groups excluding carboxylic acids is 2. The van der Waals surface area contributed by atoms with Crippen molar-refractivity contribution >= 4 is 46.3 Å². The molecule has 0 radical (unpaired) electrons. The van der Waals surface area contributed by atoms with E-state index >= 15 is 0 Å². The van der Waals surface area contributed by atoms with E-state index in [-0.39, 0.29) is 30.6 Å². The van der Waals surface area contributed by atoms with E-state index in [4.69, 9.17) is 12.2 Å². The molecular formula is C14H13NO4S2. The zero-order valence-corrected chi connectivity index (χ0v) is 12.9. The van der Waals surface area contributed by atoms with Gasteiger partial charge in [0.05, 0.1) is 18.4 Å². The number of phenolic OH excluding ortho intramolecular Hbond substituents is 1. The monoisotopic (exact) mass is 323 g/mol. The summed E-state index contributed by atoms with van der Waals surface area (Å²) in [6, 6.07) is 6.50. The number of carbonyl (C=O) groups is 2. The van der Waals surface area contributed by atoms with Gasteiger partial charge in [0.25, 0.3) is 5.91 Å². The van der Waals surface area contributed by atoms with Gasteiger partial charge in [-0.15, -0.1) is 0 Å². The topological polar surface area (TPSA) is 66.8 Å². The number of thioether (sulfide) groups is 1. The second kappa shape index (κ2) is 6.73. The average molecular weight is 323 g/mol. The Labute approximate surface area is 131 Å². The van der Waals surface area contributed by atoms with Gasteiger partial charge in [-0.1, -0.05) is 36.1 Å². The van der Waals surface area contributed by atoms with Gasteiger partial charge in [-0.2, -0.15) is 0 Å². The van der Waals surface area contributed by atoms with Crippen LogP contribution in [-0.2, 0) is 14.3 Å². The zero-order chi connectivity index (χ0) is 15.4. The molecule has 110 valence electrons. The van der Waals surface area contributed by atoms with Crippen molar-refractivity contribution in [1.29, 1.82) is 0 Å². The second-order valence-corrected chi connectivity index (χ2v) is 5.93. The van der Waals surface area contributed by atoms with E-state index in [0.29, 0.717) is 9.23 Å². The number of phenols is 1. The number of benzene rings is 1. The molecule has 0 aromatic heterocycles. The summed E-state index contributed by atoms with van der Waals surface area (Å²) in [6.07, 6.45) is 1.81. The highest BCUT2D eigenvalue weighted by atomic mass is 32.2. The number of esters is 1. The van der Waals surface area contributed by atoms with Crippen LogP contribution in [0.15, 0.2) is 29.2 Å². The number of hydrogen-bond acceptors (Lipinski definition) is 6. The Balaban J connectivity index is 2.10. The van der Waals surface area contributed by atoms with Crippen molar-refractivity contribution in [2.45, 2.75) is 6.42 Å². The van der Waals surface area contributed by atoms with Crippen LogP contribution in [-0.4, -0.2) is 39.9 Å². The molecule has 1 aliphatic rings. The van der Waals surface area contributed by atoms with Crippen LogP contribution in [0.25, 0.3) is 6.08 Å². The van der Waals surface area contributed by atoms with Crippen molar-refractivity contribution < 1.29 is 19.4 Å². The fraction of sp³-hybridized carbons (Fsp3) is 0.214. The van der Waals surface area contributed by atoms with Crippen molar-refractivity contribution in [2.75, 3.05) is 13.7 Å². The summed E-state index contributed by atoms with van der Waals surface area (Å²) in [5.41, 5.74) is 0.793. The van der Waals surface area contributed by atoms with Crippen molar-refractivity contribution in [3.8, 4) is 5.75 Å². The largest absolute Gasteiger partial charge is 0.508 e. The number of ether oxygens (including phenoxy) is 1. The summed E-state index contributed by atoms with van der Waals surface area (Å²) in [6.45, 7) is 0.213. The van der Waals surface area contributed by atoms with E-state index in [1.54, 1.807) is 30.3 Å². The molecule has 0 saturated carbocycles. The molecule has 0 aliphatic carbocycles. The number of aromatic hydroxyl groups is 1. The first-order chi connectivity index (χ1) is 10.0. The lowest BCUT2D eigenvalue weighted by Gasteiger charge is -2.12. The summed E-state index contributed by atoms with van der Waals surface area (Å²) < 4.78 is 4.97. The molecule has 0 atom stereocenters. The number of hydrogen-bond donors (Lipinski definition) is 1. The Morgan fingerprint density at radius 3 is 2.71 bits per heavy atom. The molecule has 1 fully saturated rings. The molecule has 1 amide bonds. The van der Waals surface area contributed by atoms with E-state index in [1.165, 1.54) is 23.8 Å². The maximum absolute atomic E-state index is 12.2. The third-order valence-electron chi connectivity index (χ3n) is 2.83. The predicted molar refractivity (Wildman–Crippen MR) is 84.6 cm³/mol. The molecule has 1 aromatic rings. The minimum Gasteiger partial charge on any atom is -0.508 e. The van der Waals surface area contributed by atoms with Gasteiger partial charge in [0.1, 0.15) is 10.1 Å². The molecular weight excluding hydrogens is 310 g/mol. The van der Waals surface area contributed by atoms with Gasteiger partial charge in [-0.25, -0.2) is 0 Å². The predicted octanol–water partition coefficient (Wildman–Crippen LogP) is 2.16. The van der Waals surface area contributed by atoms with E-state index in [1.807, 2.05) is 0 Å². The first-order valence-electron chi connectivity index (χ1n) is 6.12. The highest BCUT2D eigenvalue weighted by molar-refractivity contribution is 8.26. The van der Waals surface area contributed by atoms with Crippen LogP contribution in [0.1, 0.15) is 12.0 Å². The average Bonchev–Trinajstić information content (AvgIpc) is 2.73. The Morgan fingerprint density at radius 1 is 1.43 bits per heavy atom. The molecule has 1 aromatic carbocycles. The summed E-state index contributed by atoms with van der Waals surface area (Å²) in [5.74, 6) is -0.439. The first-order valence-corrected chi connectivity index (χ1v) is 7.35. The molecule has 1 saturated heterocycles. The Hall–Kier alpha value is -1.86.